The number of piperidine rings is 2. The fourth-order valence-electron chi connectivity index (χ4n) is 4.32. The number of aryl methyl sites for hydroxylation is 1. The Hall–Kier alpha value is -1.13. The van der Waals surface area contributed by atoms with E-state index in [0.717, 1.165) is 89.4 Å². The maximum absolute atomic E-state index is 14.3. The van der Waals surface area contributed by atoms with Crippen LogP contribution < -0.4 is 15.5 Å². The molecule has 1 aromatic rings. The SMILES string of the molecule is CCNC(=NCCCN1CCC(O)CC1)NC1CCCN(c2cc(C)ccc2F)C1.I. The standard InChI is InChI=1S/C23H38FN5O.HI/c1-3-25-23(26-11-5-12-28-14-9-20(30)10-15-28)27-19-6-4-13-29(17-19)22-16-18(2)7-8-21(22)24;/h7-8,16,19-20,30H,3-6,9-15,17H2,1-2H3,(H2,25,26,27);1H. The van der Waals surface area contributed by atoms with E-state index in [9.17, 15) is 9.50 Å². The van der Waals surface area contributed by atoms with Gasteiger partial charge in [-0.2, -0.15) is 0 Å². The smallest absolute Gasteiger partial charge is 0.191 e. The number of halogens is 2. The van der Waals surface area contributed by atoms with Crippen LogP contribution in [0.5, 0.6) is 0 Å². The minimum atomic E-state index is -0.146. The van der Waals surface area contributed by atoms with Crippen molar-refractivity contribution in [3.63, 3.8) is 0 Å². The van der Waals surface area contributed by atoms with E-state index in [0.29, 0.717) is 5.69 Å². The summed E-state index contributed by atoms with van der Waals surface area (Å²) in [5, 5.41) is 16.5. The molecule has 0 spiro atoms. The molecule has 31 heavy (non-hydrogen) atoms. The van der Waals surface area contributed by atoms with Gasteiger partial charge in [-0.25, -0.2) is 4.39 Å². The Bertz CT molecular complexity index is 697. The third-order valence-electron chi connectivity index (χ3n) is 6.01. The van der Waals surface area contributed by atoms with Crippen LogP contribution in [0.25, 0.3) is 0 Å². The highest BCUT2D eigenvalue weighted by molar-refractivity contribution is 14.0. The molecule has 0 aliphatic carbocycles. The highest BCUT2D eigenvalue weighted by Gasteiger charge is 2.23. The fourth-order valence-corrected chi connectivity index (χ4v) is 4.32. The Morgan fingerprint density at radius 3 is 2.74 bits per heavy atom. The van der Waals surface area contributed by atoms with Crippen molar-refractivity contribution in [1.82, 2.24) is 15.5 Å². The number of nitrogens with zero attached hydrogens (tertiary/aromatic N) is 3. The quantitative estimate of drug-likeness (QED) is 0.212. The molecule has 2 saturated heterocycles. The van der Waals surface area contributed by atoms with Crippen LogP contribution in [-0.4, -0.2) is 73.9 Å². The van der Waals surface area contributed by atoms with E-state index in [1.807, 2.05) is 19.1 Å². The average molecular weight is 548 g/mol. The van der Waals surface area contributed by atoms with Crippen molar-refractivity contribution in [2.45, 2.75) is 58.1 Å². The molecule has 0 aromatic heterocycles. The molecule has 2 heterocycles. The van der Waals surface area contributed by atoms with Gasteiger partial charge in [-0.3, -0.25) is 4.99 Å². The molecular formula is C23H39FIN5O. The largest absolute Gasteiger partial charge is 0.393 e. The Morgan fingerprint density at radius 2 is 2.00 bits per heavy atom. The number of anilines is 1. The van der Waals surface area contributed by atoms with Crippen LogP contribution in [0.4, 0.5) is 10.1 Å². The summed E-state index contributed by atoms with van der Waals surface area (Å²) >= 11 is 0. The molecule has 1 unspecified atom stereocenters. The van der Waals surface area contributed by atoms with Crippen LogP contribution in [0, 0.1) is 12.7 Å². The first-order valence-electron chi connectivity index (χ1n) is 11.5. The van der Waals surface area contributed by atoms with E-state index >= 15 is 0 Å². The topological polar surface area (TPSA) is 63.1 Å². The third kappa shape index (κ3) is 8.38. The number of hydrogen-bond donors (Lipinski definition) is 3. The molecular weight excluding hydrogens is 508 g/mol. The van der Waals surface area contributed by atoms with Gasteiger partial charge in [0.25, 0.3) is 0 Å². The van der Waals surface area contributed by atoms with E-state index in [1.165, 1.54) is 0 Å². The van der Waals surface area contributed by atoms with E-state index in [-0.39, 0.29) is 41.9 Å². The molecule has 0 saturated carbocycles. The summed E-state index contributed by atoms with van der Waals surface area (Å²) in [5.41, 5.74) is 1.79. The second-order valence-electron chi connectivity index (χ2n) is 8.57. The Morgan fingerprint density at radius 1 is 1.23 bits per heavy atom. The van der Waals surface area contributed by atoms with E-state index in [1.54, 1.807) is 6.07 Å². The maximum atomic E-state index is 14.3. The molecule has 3 N–H and O–H groups in total. The zero-order chi connectivity index (χ0) is 21.3. The van der Waals surface area contributed by atoms with Crippen molar-refractivity contribution in [3.8, 4) is 0 Å². The van der Waals surface area contributed by atoms with Crippen molar-refractivity contribution in [2.75, 3.05) is 50.7 Å². The third-order valence-corrected chi connectivity index (χ3v) is 6.01. The van der Waals surface area contributed by atoms with Gasteiger partial charge in [0.15, 0.2) is 5.96 Å². The van der Waals surface area contributed by atoms with Crippen LogP contribution >= 0.6 is 24.0 Å². The normalized spacial score (nSPS) is 21.0. The van der Waals surface area contributed by atoms with Crippen LogP contribution in [0.15, 0.2) is 23.2 Å². The summed E-state index contributed by atoms with van der Waals surface area (Å²) in [5.74, 6) is 0.704. The van der Waals surface area contributed by atoms with Gasteiger partial charge in [-0.15, -0.1) is 24.0 Å². The molecule has 0 radical (unpaired) electrons. The lowest BCUT2D eigenvalue weighted by Gasteiger charge is -2.35. The van der Waals surface area contributed by atoms with E-state index in [4.69, 9.17) is 4.99 Å². The van der Waals surface area contributed by atoms with Gasteiger partial charge in [-0.05, 0) is 70.2 Å². The number of rotatable bonds is 7. The van der Waals surface area contributed by atoms with Gasteiger partial charge in [0.2, 0.25) is 0 Å². The molecule has 6 nitrogen and oxygen atoms in total. The second-order valence-corrected chi connectivity index (χ2v) is 8.57. The zero-order valence-corrected chi connectivity index (χ0v) is 21.3. The monoisotopic (exact) mass is 547 g/mol. The Kier molecular flexibility index (Phi) is 11.3. The molecule has 0 amide bonds. The molecule has 0 bridgehead atoms. The van der Waals surface area contributed by atoms with Crippen LogP contribution in [0.3, 0.4) is 0 Å². The molecule has 8 heteroatoms. The van der Waals surface area contributed by atoms with Crippen LogP contribution in [-0.2, 0) is 0 Å². The molecule has 2 aliphatic rings. The Balaban J connectivity index is 0.00000341. The highest BCUT2D eigenvalue weighted by atomic mass is 127. The first-order chi connectivity index (χ1) is 14.5. The van der Waals surface area contributed by atoms with Gasteiger partial charge >= 0.3 is 0 Å². The number of hydrogen-bond acceptors (Lipinski definition) is 4. The summed E-state index contributed by atoms with van der Waals surface area (Å²) in [6.45, 7) is 10.3. The number of nitrogens with one attached hydrogen (secondary N) is 2. The van der Waals surface area contributed by atoms with Crippen molar-refractivity contribution in [3.05, 3.63) is 29.6 Å². The molecule has 2 fully saturated rings. The second kappa shape index (κ2) is 13.4. The number of likely N-dealkylation sites (tertiary alicyclic amines) is 1. The zero-order valence-electron chi connectivity index (χ0n) is 18.9. The Labute approximate surface area is 203 Å². The minimum Gasteiger partial charge on any atom is -0.393 e. The summed E-state index contributed by atoms with van der Waals surface area (Å²) in [6, 6.07) is 5.58. The summed E-state index contributed by atoms with van der Waals surface area (Å²) < 4.78 is 14.3. The first-order valence-corrected chi connectivity index (χ1v) is 11.5. The molecule has 3 rings (SSSR count). The summed E-state index contributed by atoms with van der Waals surface area (Å²) in [4.78, 5) is 9.33. The number of guanidine groups is 1. The van der Waals surface area contributed by atoms with Crippen molar-refractivity contribution in [2.24, 2.45) is 4.99 Å². The summed E-state index contributed by atoms with van der Waals surface area (Å²) in [7, 11) is 0. The van der Waals surface area contributed by atoms with Gasteiger partial charge < -0.3 is 25.5 Å². The molecule has 176 valence electrons. The first kappa shape index (κ1) is 26.1. The average Bonchev–Trinajstić information content (AvgIpc) is 2.74. The van der Waals surface area contributed by atoms with Gasteiger partial charge in [0.1, 0.15) is 5.82 Å². The van der Waals surface area contributed by atoms with Gasteiger partial charge in [0, 0.05) is 45.3 Å². The van der Waals surface area contributed by atoms with Crippen molar-refractivity contribution < 1.29 is 9.50 Å². The molecule has 1 atom stereocenters. The van der Waals surface area contributed by atoms with Gasteiger partial charge in [-0.1, -0.05) is 6.07 Å². The fraction of sp³-hybridized carbons (Fsp3) is 0.696. The van der Waals surface area contributed by atoms with Crippen LogP contribution in [0.1, 0.15) is 44.6 Å². The lowest BCUT2D eigenvalue weighted by molar-refractivity contribution is 0.0824. The van der Waals surface area contributed by atoms with E-state index < -0.39 is 0 Å². The number of benzene rings is 1. The van der Waals surface area contributed by atoms with Gasteiger partial charge in [0.05, 0.1) is 11.8 Å². The van der Waals surface area contributed by atoms with Crippen LogP contribution in [0.2, 0.25) is 0 Å². The predicted molar refractivity (Wildman–Crippen MR) is 137 cm³/mol. The number of aliphatic hydroxyl groups is 1. The number of aliphatic imine (C=N–C) groups is 1. The lowest BCUT2D eigenvalue weighted by atomic mass is 10.0. The number of aliphatic hydroxyl groups excluding tert-OH is 1. The molecule has 2 aliphatic heterocycles. The summed E-state index contributed by atoms with van der Waals surface area (Å²) in [6.07, 6.45) is 4.75. The van der Waals surface area contributed by atoms with Crippen molar-refractivity contribution in [1.29, 1.82) is 0 Å². The maximum Gasteiger partial charge on any atom is 0.191 e. The lowest BCUT2D eigenvalue weighted by Crippen LogP contribution is -2.51. The minimum absolute atomic E-state index is 0. The van der Waals surface area contributed by atoms with E-state index in [2.05, 4.69) is 27.4 Å². The predicted octanol–water partition coefficient (Wildman–Crippen LogP) is 3.12. The molecule has 1 aromatic carbocycles. The highest BCUT2D eigenvalue weighted by Crippen LogP contribution is 2.24. The van der Waals surface area contributed by atoms with Crippen molar-refractivity contribution >= 4 is 35.6 Å².